The number of fused-ring (bicyclic) bond motifs is 9. The lowest BCUT2D eigenvalue weighted by atomic mass is 9.31. The van der Waals surface area contributed by atoms with E-state index in [-0.39, 0.29) is 19.0 Å². The van der Waals surface area contributed by atoms with Crippen molar-refractivity contribution in [3.63, 3.8) is 0 Å². The molecule has 1 nitrogen and oxygen atoms in total. The van der Waals surface area contributed by atoms with E-state index in [1.165, 1.54) is 83.2 Å². The van der Waals surface area contributed by atoms with Crippen LogP contribution in [0, 0.1) is 0 Å². The van der Waals surface area contributed by atoms with Gasteiger partial charge in [-0.1, -0.05) is 147 Å². The van der Waals surface area contributed by atoms with Crippen molar-refractivity contribution in [1.29, 1.82) is 0 Å². The largest absolute Gasteiger partial charge is 0.377 e. The summed E-state index contributed by atoms with van der Waals surface area (Å²) in [6.45, 7) is 5.06. The zero-order valence-corrected chi connectivity index (χ0v) is 23.7. The zero-order valence-electron chi connectivity index (χ0n) is 23.7. The Hall–Kier alpha value is -4.75. The van der Waals surface area contributed by atoms with E-state index in [0.717, 1.165) is 0 Å². The molecule has 0 saturated carbocycles. The average molecular weight is 531 g/mol. The maximum absolute atomic E-state index is 2.69. The van der Waals surface area contributed by atoms with Crippen molar-refractivity contribution in [1.82, 2.24) is 0 Å². The molecule has 42 heavy (non-hydrogen) atoms. The highest BCUT2D eigenvalue weighted by Crippen LogP contribution is 2.49. The summed E-state index contributed by atoms with van der Waals surface area (Å²) < 4.78 is 0. The lowest BCUT2D eigenvalue weighted by molar-refractivity contribution is 0.660. The second-order valence-electron chi connectivity index (χ2n) is 12.8. The Kier molecular flexibility index (Phi) is 4.22. The van der Waals surface area contributed by atoms with Crippen molar-refractivity contribution in [2.24, 2.45) is 0 Å². The van der Waals surface area contributed by atoms with Crippen LogP contribution < -0.4 is 32.1 Å². The fraction of sp³-hybridized carbons (Fsp3) is 0.0769. The van der Waals surface area contributed by atoms with Crippen LogP contribution in [0.4, 0.5) is 11.4 Å². The normalized spacial score (nSPS) is 15.4. The van der Waals surface area contributed by atoms with Crippen LogP contribution in [0.15, 0.2) is 127 Å². The molecule has 0 radical (unpaired) electrons. The summed E-state index contributed by atoms with van der Waals surface area (Å²) in [5, 5.41) is 0. The summed E-state index contributed by atoms with van der Waals surface area (Å²) in [6, 6.07) is 48.3. The number of hydrogen-bond acceptors (Lipinski definition) is 1. The van der Waals surface area contributed by atoms with Gasteiger partial charge in [-0.15, -0.1) is 0 Å². The molecule has 3 aliphatic heterocycles. The van der Waals surface area contributed by atoms with Gasteiger partial charge in [-0.05, 0) is 55.2 Å². The molecule has 6 aromatic rings. The van der Waals surface area contributed by atoms with Crippen LogP contribution in [0.3, 0.4) is 0 Å². The van der Waals surface area contributed by atoms with Gasteiger partial charge in [0.05, 0.1) is 0 Å². The maximum Gasteiger partial charge on any atom is 0.329 e. The third-order valence-electron chi connectivity index (χ3n) is 10.5. The van der Waals surface area contributed by atoms with Gasteiger partial charge in [0.1, 0.15) is 0 Å². The summed E-state index contributed by atoms with van der Waals surface area (Å²) in [7, 11) is 0. The maximum atomic E-state index is 2.69. The number of anilines is 2. The van der Waals surface area contributed by atoms with Gasteiger partial charge in [0.2, 0.25) is 6.71 Å². The fourth-order valence-electron chi connectivity index (χ4n) is 8.86. The Morgan fingerprint density at radius 2 is 0.881 bits per heavy atom. The van der Waals surface area contributed by atoms with Gasteiger partial charge in [0, 0.05) is 27.9 Å². The van der Waals surface area contributed by atoms with Crippen LogP contribution in [0.5, 0.6) is 0 Å². The van der Waals surface area contributed by atoms with E-state index in [1.54, 1.807) is 0 Å². The van der Waals surface area contributed by atoms with E-state index >= 15 is 0 Å². The molecule has 194 valence electrons. The van der Waals surface area contributed by atoms with Crippen molar-refractivity contribution in [2.45, 2.75) is 19.3 Å². The van der Waals surface area contributed by atoms with Crippen molar-refractivity contribution in [3.05, 3.63) is 139 Å². The third-order valence-corrected chi connectivity index (χ3v) is 10.5. The molecule has 0 aromatic heterocycles. The van der Waals surface area contributed by atoms with E-state index in [2.05, 4.69) is 146 Å². The number of rotatable bonds is 1. The van der Waals surface area contributed by atoms with Crippen molar-refractivity contribution in [2.75, 3.05) is 4.81 Å². The third kappa shape index (κ3) is 2.59. The highest BCUT2D eigenvalue weighted by Gasteiger charge is 2.49. The second-order valence-corrected chi connectivity index (χ2v) is 12.8. The summed E-state index contributed by atoms with van der Waals surface area (Å²) in [6.07, 6.45) is 0. The molecule has 10 rings (SSSR count). The molecule has 3 heterocycles. The second kappa shape index (κ2) is 7.75. The van der Waals surface area contributed by atoms with Gasteiger partial charge >= 0.3 is 6.85 Å². The van der Waals surface area contributed by atoms with Gasteiger partial charge in [-0.25, -0.2) is 0 Å². The summed E-state index contributed by atoms with van der Waals surface area (Å²) in [5.74, 6) is 0. The first kappa shape index (κ1) is 22.9. The molecule has 0 unspecified atom stereocenters. The van der Waals surface area contributed by atoms with Crippen LogP contribution >= 0.6 is 0 Å². The number of nitrogens with zero attached hydrogens (tertiary/aromatic N) is 1. The summed E-state index contributed by atoms with van der Waals surface area (Å²) in [4.78, 5) is 2.69. The van der Waals surface area contributed by atoms with Crippen LogP contribution in [-0.4, -0.2) is 13.6 Å². The highest BCUT2D eigenvalue weighted by molar-refractivity contribution is 7.02. The van der Waals surface area contributed by atoms with E-state index in [4.69, 9.17) is 0 Å². The van der Waals surface area contributed by atoms with Gasteiger partial charge < -0.3 is 4.81 Å². The standard InChI is InChI=1S/C39H27B2N/c1-39(2)29-17-6-3-14-28(29)36-30(39)18-11-21-33(36)40-34-22-9-15-26-24-12-4-7-19-31(24)41-32-20-8-5-13-25(32)27-16-10-23-35(40)38(27)42(41)37(26)34/h3-23H,1-2H3. The number of hydrogen-bond donors (Lipinski definition) is 0. The Balaban J connectivity index is 1.36. The van der Waals surface area contributed by atoms with Gasteiger partial charge in [0.25, 0.3) is 0 Å². The molecule has 1 aliphatic carbocycles. The minimum atomic E-state index is -0.0299. The molecule has 6 aromatic carbocycles. The predicted octanol–water partition coefficient (Wildman–Crippen LogP) is 5.73. The molecule has 0 saturated heterocycles. The van der Waals surface area contributed by atoms with Crippen molar-refractivity contribution < 1.29 is 0 Å². The molecule has 0 atom stereocenters. The van der Waals surface area contributed by atoms with E-state index in [1.807, 2.05) is 0 Å². The Bertz CT molecular complexity index is 2060. The summed E-state index contributed by atoms with van der Waals surface area (Å²) in [5.41, 5.74) is 20.8. The Morgan fingerprint density at radius 1 is 0.429 bits per heavy atom. The quantitative estimate of drug-likeness (QED) is 0.245. The number of benzene rings is 6. The average Bonchev–Trinajstić information content (AvgIpc) is 3.28. The highest BCUT2D eigenvalue weighted by atomic mass is 15.1. The van der Waals surface area contributed by atoms with Crippen LogP contribution in [-0.2, 0) is 5.41 Å². The molecule has 0 bridgehead atoms. The number of para-hydroxylation sites is 2. The molecule has 4 aliphatic rings. The minimum absolute atomic E-state index is 0.0299. The fourth-order valence-corrected chi connectivity index (χ4v) is 8.86. The first-order valence-electron chi connectivity index (χ1n) is 15.1. The van der Waals surface area contributed by atoms with Gasteiger partial charge in [0.15, 0.2) is 0 Å². The Labute approximate surface area is 247 Å². The van der Waals surface area contributed by atoms with E-state index < -0.39 is 0 Å². The molecule has 3 heteroatoms. The van der Waals surface area contributed by atoms with Crippen LogP contribution in [0.2, 0.25) is 0 Å². The molecular weight excluding hydrogens is 504 g/mol. The molecule has 0 fully saturated rings. The van der Waals surface area contributed by atoms with Gasteiger partial charge in [-0.3, -0.25) is 0 Å². The lowest BCUT2D eigenvalue weighted by Gasteiger charge is -2.49. The molecule has 0 spiro atoms. The topological polar surface area (TPSA) is 3.24 Å². The first-order chi connectivity index (χ1) is 20.6. The Morgan fingerprint density at radius 3 is 1.52 bits per heavy atom. The van der Waals surface area contributed by atoms with Crippen molar-refractivity contribution in [3.8, 4) is 33.4 Å². The molecular formula is C39H27B2N. The van der Waals surface area contributed by atoms with Gasteiger partial charge in [-0.2, -0.15) is 0 Å². The summed E-state index contributed by atoms with van der Waals surface area (Å²) >= 11 is 0. The zero-order chi connectivity index (χ0) is 27.7. The monoisotopic (exact) mass is 531 g/mol. The predicted molar refractivity (Wildman–Crippen MR) is 180 cm³/mol. The first-order valence-corrected chi connectivity index (χ1v) is 15.1. The van der Waals surface area contributed by atoms with Crippen LogP contribution in [0.25, 0.3) is 33.4 Å². The lowest BCUT2D eigenvalue weighted by Crippen LogP contribution is -2.67. The minimum Gasteiger partial charge on any atom is -0.377 e. The smallest absolute Gasteiger partial charge is 0.329 e. The van der Waals surface area contributed by atoms with Crippen molar-refractivity contribution >= 4 is 52.2 Å². The SMILES string of the molecule is CC1(C)c2ccccc2-c2c(B3c4cccc5c4N4B(c6ccccc6-5)c5ccccc5-c5cccc3c54)cccc21. The van der Waals surface area contributed by atoms with Crippen LogP contribution in [0.1, 0.15) is 25.0 Å². The molecule has 0 N–H and O–H groups in total. The van der Waals surface area contributed by atoms with E-state index in [0.29, 0.717) is 0 Å². The van der Waals surface area contributed by atoms with E-state index in [9.17, 15) is 0 Å². The molecule has 0 amide bonds.